The molecule has 84 valence electrons. The molecule has 0 spiro atoms. The van der Waals surface area contributed by atoms with E-state index >= 15 is 0 Å². The summed E-state index contributed by atoms with van der Waals surface area (Å²) in [7, 11) is 1.92. The lowest BCUT2D eigenvalue weighted by Gasteiger charge is -2.20. The number of nitrogens with two attached hydrogens (primary N) is 1. The highest BCUT2D eigenvalue weighted by Crippen LogP contribution is 2.28. The van der Waals surface area contributed by atoms with E-state index < -0.39 is 0 Å². The van der Waals surface area contributed by atoms with Crippen molar-refractivity contribution >= 4 is 5.82 Å². The van der Waals surface area contributed by atoms with Gasteiger partial charge in [-0.05, 0) is 19.3 Å². The van der Waals surface area contributed by atoms with Crippen LogP contribution in [0.4, 0.5) is 5.82 Å². The van der Waals surface area contributed by atoms with Crippen LogP contribution < -0.4 is 5.73 Å². The fraction of sp³-hybridized carbons (Fsp3) is 0.750. The molecular weight excluding hydrogens is 186 g/mol. The van der Waals surface area contributed by atoms with Gasteiger partial charge in [-0.2, -0.15) is 5.10 Å². The highest BCUT2D eigenvalue weighted by atomic mass is 15.3. The Kier molecular flexibility index (Phi) is 2.98. The molecule has 2 rings (SSSR count). The highest BCUT2D eigenvalue weighted by Gasteiger charge is 2.17. The van der Waals surface area contributed by atoms with Crippen molar-refractivity contribution in [1.29, 1.82) is 0 Å². The molecule has 0 atom stereocenters. The molecule has 1 fully saturated rings. The number of nitrogens with zero attached hydrogens (tertiary/aromatic N) is 2. The van der Waals surface area contributed by atoms with Gasteiger partial charge >= 0.3 is 0 Å². The van der Waals surface area contributed by atoms with Crippen LogP contribution in [0.1, 0.15) is 43.4 Å². The van der Waals surface area contributed by atoms with Crippen molar-refractivity contribution < 1.29 is 0 Å². The van der Waals surface area contributed by atoms with Crippen LogP contribution in [0.3, 0.4) is 0 Å². The van der Waals surface area contributed by atoms with E-state index in [1.807, 2.05) is 7.05 Å². The Balaban J connectivity index is 2.06. The van der Waals surface area contributed by atoms with Crippen LogP contribution >= 0.6 is 0 Å². The fourth-order valence-corrected chi connectivity index (χ4v) is 2.56. The second-order valence-corrected chi connectivity index (χ2v) is 4.79. The molecule has 0 aliphatic heterocycles. The third kappa shape index (κ3) is 2.16. The summed E-state index contributed by atoms with van der Waals surface area (Å²) in [6.07, 6.45) is 8.07. The van der Waals surface area contributed by atoms with Gasteiger partial charge in [0.15, 0.2) is 0 Å². The van der Waals surface area contributed by atoms with Crippen LogP contribution in [-0.2, 0) is 13.5 Å². The number of hydrogen-bond acceptors (Lipinski definition) is 2. The number of aryl methyl sites for hydroxylation is 1. The lowest BCUT2D eigenvalue weighted by Crippen LogP contribution is -2.10. The largest absolute Gasteiger partial charge is 0.384 e. The van der Waals surface area contributed by atoms with E-state index in [0.717, 1.165) is 18.2 Å². The van der Waals surface area contributed by atoms with E-state index in [-0.39, 0.29) is 0 Å². The molecule has 0 saturated heterocycles. The van der Waals surface area contributed by atoms with Gasteiger partial charge in [-0.25, -0.2) is 0 Å². The third-order valence-corrected chi connectivity index (χ3v) is 3.64. The normalized spacial score (nSPS) is 18.3. The molecule has 0 bridgehead atoms. The van der Waals surface area contributed by atoms with Crippen molar-refractivity contribution in [3.05, 3.63) is 11.3 Å². The predicted molar refractivity (Wildman–Crippen MR) is 62.6 cm³/mol. The Morgan fingerprint density at radius 1 is 1.33 bits per heavy atom. The van der Waals surface area contributed by atoms with E-state index in [0.29, 0.717) is 0 Å². The Morgan fingerprint density at radius 3 is 2.53 bits per heavy atom. The van der Waals surface area contributed by atoms with Gasteiger partial charge in [-0.1, -0.05) is 32.1 Å². The lowest BCUT2D eigenvalue weighted by atomic mass is 9.85. The van der Waals surface area contributed by atoms with Gasteiger partial charge in [0.1, 0.15) is 5.82 Å². The highest BCUT2D eigenvalue weighted by molar-refractivity contribution is 5.42. The van der Waals surface area contributed by atoms with Gasteiger partial charge in [-0.15, -0.1) is 0 Å². The molecule has 15 heavy (non-hydrogen) atoms. The Morgan fingerprint density at radius 2 is 2.00 bits per heavy atom. The quantitative estimate of drug-likeness (QED) is 0.809. The first-order valence-electron chi connectivity index (χ1n) is 5.96. The van der Waals surface area contributed by atoms with Gasteiger partial charge in [0.25, 0.3) is 0 Å². The summed E-state index contributed by atoms with van der Waals surface area (Å²) in [5.74, 6) is 1.66. The molecule has 0 radical (unpaired) electrons. The first-order chi connectivity index (χ1) is 7.18. The number of hydrogen-bond donors (Lipinski definition) is 1. The van der Waals surface area contributed by atoms with Crippen LogP contribution in [0.15, 0.2) is 0 Å². The van der Waals surface area contributed by atoms with E-state index in [1.54, 1.807) is 4.68 Å². The first-order valence-corrected chi connectivity index (χ1v) is 5.96. The molecule has 1 aliphatic rings. The van der Waals surface area contributed by atoms with Gasteiger partial charge < -0.3 is 5.73 Å². The molecule has 3 heteroatoms. The molecule has 1 aliphatic carbocycles. The minimum Gasteiger partial charge on any atom is -0.384 e. The maximum Gasteiger partial charge on any atom is 0.124 e. The van der Waals surface area contributed by atoms with Crippen molar-refractivity contribution in [3.63, 3.8) is 0 Å². The zero-order valence-corrected chi connectivity index (χ0v) is 9.79. The van der Waals surface area contributed by atoms with Crippen LogP contribution in [0.2, 0.25) is 0 Å². The predicted octanol–water partition coefficient (Wildman–Crippen LogP) is 2.43. The first kappa shape index (κ1) is 10.5. The maximum atomic E-state index is 5.91. The van der Waals surface area contributed by atoms with E-state index in [2.05, 4.69) is 12.0 Å². The van der Waals surface area contributed by atoms with Gasteiger partial charge in [0.2, 0.25) is 0 Å². The molecule has 1 aromatic heterocycles. The summed E-state index contributed by atoms with van der Waals surface area (Å²) in [4.78, 5) is 0. The minimum atomic E-state index is 0.820. The molecule has 1 aromatic rings. The summed E-state index contributed by atoms with van der Waals surface area (Å²) in [6.45, 7) is 2.08. The average molecular weight is 207 g/mol. The monoisotopic (exact) mass is 207 g/mol. The second-order valence-electron chi connectivity index (χ2n) is 4.79. The van der Waals surface area contributed by atoms with Crippen molar-refractivity contribution in [3.8, 4) is 0 Å². The number of nitrogen functional groups attached to an aromatic ring is 1. The van der Waals surface area contributed by atoms with Crippen molar-refractivity contribution in [2.24, 2.45) is 13.0 Å². The SMILES string of the molecule is Cc1c(CC2CCCCC2)nn(C)c1N. The zero-order chi connectivity index (χ0) is 10.8. The average Bonchev–Trinajstić information content (AvgIpc) is 2.48. The van der Waals surface area contributed by atoms with Crippen molar-refractivity contribution in [2.75, 3.05) is 5.73 Å². The van der Waals surface area contributed by atoms with Gasteiger partial charge in [0.05, 0.1) is 5.69 Å². The third-order valence-electron chi connectivity index (χ3n) is 3.64. The Hall–Kier alpha value is -0.990. The second kappa shape index (κ2) is 4.25. The van der Waals surface area contributed by atoms with E-state index in [4.69, 9.17) is 5.73 Å². The van der Waals surface area contributed by atoms with Crippen LogP contribution in [0.5, 0.6) is 0 Å². The van der Waals surface area contributed by atoms with E-state index in [9.17, 15) is 0 Å². The molecule has 0 unspecified atom stereocenters. The molecule has 1 saturated carbocycles. The Bertz CT molecular complexity index is 335. The topological polar surface area (TPSA) is 43.8 Å². The summed E-state index contributed by atoms with van der Waals surface area (Å²) in [6, 6.07) is 0. The summed E-state index contributed by atoms with van der Waals surface area (Å²) >= 11 is 0. The maximum absolute atomic E-state index is 5.91. The van der Waals surface area contributed by atoms with Crippen molar-refractivity contribution in [2.45, 2.75) is 45.4 Å². The molecular formula is C12H21N3. The smallest absolute Gasteiger partial charge is 0.124 e. The van der Waals surface area contributed by atoms with Crippen molar-refractivity contribution in [1.82, 2.24) is 9.78 Å². The Labute approximate surface area is 91.7 Å². The van der Waals surface area contributed by atoms with E-state index in [1.165, 1.54) is 43.4 Å². The van der Waals surface area contributed by atoms with Gasteiger partial charge in [0, 0.05) is 12.6 Å². The van der Waals surface area contributed by atoms with Gasteiger partial charge in [-0.3, -0.25) is 4.68 Å². The summed E-state index contributed by atoms with van der Waals surface area (Å²) in [5.41, 5.74) is 8.30. The fourth-order valence-electron chi connectivity index (χ4n) is 2.56. The molecule has 3 nitrogen and oxygen atoms in total. The molecule has 0 aromatic carbocycles. The lowest BCUT2D eigenvalue weighted by molar-refractivity contribution is 0.353. The van der Waals surface area contributed by atoms with Crippen LogP contribution in [0, 0.1) is 12.8 Å². The molecule has 0 amide bonds. The summed E-state index contributed by atoms with van der Waals surface area (Å²) < 4.78 is 1.80. The van der Waals surface area contributed by atoms with Crippen LogP contribution in [-0.4, -0.2) is 9.78 Å². The van der Waals surface area contributed by atoms with Crippen LogP contribution in [0.25, 0.3) is 0 Å². The summed E-state index contributed by atoms with van der Waals surface area (Å²) in [5, 5.41) is 4.50. The minimum absolute atomic E-state index is 0.820. The zero-order valence-electron chi connectivity index (χ0n) is 9.79. The molecule has 1 heterocycles. The number of aromatic nitrogens is 2. The molecule has 2 N–H and O–H groups in total. The number of rotatable bonds is 2. The number of anilines is 1. The standard InChI is InChI=1S/C12H21N3/c1-9-11(14-15(2)12(9)13)8-10-6-4-3-5-7-10/h10H,3-8,13H2,1-2H3.